The molecule has 1 aromatic carbocycles. The van der Waals surface area contributed by atoms with E-state index in [-0.39, 0.29) is 19.3 Å². The average Bonchev–Trinajstić information content (AvgIpc) is 3.12. The van der Waals surface area contributed by atoms with E-state index in [9.17, 15) is 9.90 Å². The summed E-state index contributed by atoms with van der Waals surface area (Å²) in [5.41, 5.74) is 2.12. The Balaban J connectivity index is 0.00000161. The highest BCUT2D eigenvalue weighted by molar-refractivity contribution is 7.59. The van der Waals surface area contributed by atoms with Gasteiger partial charge in [-0.3, -0.25) is 4.79 Å². The SMILES string of the molecule is CCC(O)c1csc(C(=O)c2c[nH]c3ccccc23)n1.S. The van der Waals surface area contributed by atoms with Gasteiger partial charge in [-0.1, -0.05) is 25.1 Å². The van der Waals surface area contributed by atoms with E-state index < -0.39 is 6.10 Å². The molecule has 3 rings (SSSR count). The summed E-state index contributed by atoms with van der Waals surface area (Å²) in [5, 5.41) is 12.8. The molecule has 1 unspecified atom stereocenters. The van der Waals surface area contributed by atoms with Crippen molar-refractivity contribution in [1.29, 1.82) is 0 Å². The molecular weight excluding hydrogens is 304 g/mol. The van der Waals surface area contributed by atoms with E-state index in [1.165, 1.54) is 11.3 Å². The lowest BCUT2D eigenvalue weighted by molar-refractivity contribution is 0.103. The third-order valence-electron chi connectivity index (χ3n) is 3.28. The number of aliphatic hydroxyl groups excluding tert-OH is 1. The van der Waals surface area contributed by atoms with E-state index in [2.05, 4.69) is 9.97 Å². The minimum Gasteiger partial charge on any atom is -0.387 e. The van der Waals surface area contributed by atoms with Crippen LogP contribution in [0.25, 0.3) is 10.9 Å². The van der Waals surface area contributed by atoms with Crippen molar-refractivity contribution in [2.75, 3.05) is 0 Å². The zero-order valence-electron chi connectivity index (χ0n) is 11.5. The molecule has 0 spiro atoms. The molecule has 0 saturated heterocycles. The maximum absolute atomic E-state index is 12.5. The highest BCUT2D eigenvalue weighted by atomic mass is 32.1. The summed E-state index contributed by atoms with van der Waals surface area (Å²) in [5.74, 6) is -0.109. The lowest BCUT2D eigenvalue weighted by Gasteiger charge is -2.01. The molecule has 0 aliphatic heterocycles. The van der Waals surface area contributed by atoms with E-state index in [0.29, 0.717) is 22.7 Å². The van der Waals surface area contributed by atoms with Crippen molar-refractivity contribution < 1.29 is 9.90 Å². The monoisotopic (exact) mass is 320 g/mol. The molecule has 2 heterocycles. The summed E-state index contributed by atoms with van der Waals surface area (Å²) >= 11 is 1.27. The Bertz CT molecular complexity index is 764. The molecule has 0 radical (unpaired) electrons. The first-order valence-corrected chi connectivity index (χ1v) is 7.33. The van der Waals surface area contributed by atoms with E-state index in [1.807, 2.05) is 31.2 Å². The Morgan fingerprint density at radius 3 is 2.95 bits per heavy atom. The van der Waals surface area contributed by atoms with Gasteiger partial charge >= 0.3 is 0 Å². The van der Waals surface area contributed by atoms with Crippen molar-refractivity contribution in [2.45, 2.75) is 19.4 Å². The molecule has 3 aromatic rings. The largest absolute Gasteiger partial charge is 0.387 e. The Kier molecular flexibility index (Phi) is 4.82. The normalized spacial score (nSPS) is 12.1. The van der Waals surface area contributed by atoms with Gasteiger partial charge in [-0.2, -0.15) is 13.5 Å². The number of para-hydroxylation sites is 1. The average molecular weight is 320 g/mol. The zero-order chi connectivity index (χ0) is 14.1. The van der Waals surface area contributed by atoms with Crippen LogP contribution in [0, 0.1) is 0 Å². The summed E-state index contributed by atoms with van der Waals surface area (Å²) in [7, 11) is 0. The number of thiazole rings is 1. The number of rotatable bonds is 4. The topological polar surface area (TPSA) is 66.0 Å². The van der Waals surface area contributed by atoms with Crippen LogP contribution in [0.1, 0.15) is 40.5 Å². The molecule has 0 aliphatic carbocycles. The van der Waals surface area contributed by atoms with Gasteiger partial charge in [0.15, 0.2) is 5.01 Å². The van der Waals surface area contributed by atoms with E-state index in [0.717, 1.165) is 10.9 Å². The molecule has 4 nitrogen and oxygen atoms in total. The van der Waals surface area contributed by atoms with Crippen LogP contribution in [-0.4, -0.2) is 20.9 Å². The fraction of sp³-hybridized carbons (Fsp3) is 0.200. The molecule has 0 fully saturated rings. The number of fused-ring (bicyclic) bond motifs is 1. The highest BCUT2D eigenvalue weighted by Gasteiger charge is 2.19. The Morgan fingerprint density at radius 2 is 2.19 bits per heavy atom. The molecule has 2 aromatic heterocycles. The molecule has 2 N–H and O–H groups in total. The predicted molar refractivity (Wildman–Crippen MR) is 89.5 cm³/mol. The van der Waals surface area contributed by atoms with Crippen LogP contribution in [-0.2, 0) is 0 Å². The van der Waals surface area contributed by atoms with Crippen molar-refractivity contribution in [3.8, 4) is 0 Å². The number of carbonyl (C=O) groups excluding carboxylic acids is 1. The van der Waals surface area contributed by atoms with Crippen LogP contribution in [0.15, 0.2) is 35.8 Å². The molecular formula is C15H16N2O2S2. The smallest absolute Gasteiger partial charge is 0.223 e. The molecule has 1 atom stereocenters. The fourth-order valence-corrected chi connectivity index (χ4v) is 2.94. The Morgan fingerprint density at radius 1 is 1.43 bits per heavy atom. The van der Waals surface area contributed by atoms with Crippen molar-refractivity contribution in [3.63, 3.8) is 0 Å². The zero-order valence-corrected chi connectivity index (χ0v) is 13.3. The lowest BCUT2D eigenvalue weighted by atomic mass is 10.1. The fourth-order valence-electron chi connectivity index (χ4n) is 2.13. The first kappa shape index (κ1) is 15.8. The number of carbonyl (C=O) groups is 1. The Hall–Kier alpha value is -1.63. The van der Waals surface area contributed by atoms with Crippen LogP contribution in [0.3, 0.4) is 0 Å². The maximum atomic E-state index is 12.5. The van der Waals surface area contributed by atoms with E-state index in [4.69, 9.17) is 0 Å². The molecule has 0 amide bonds. The van der Waals surface area contributed by atoms with Gasteiger partial charge in [-0.25, -0.2) is 4.98 Å². The number of ketones is 1. The van der Waals surface area contributed by atoms with E-state index >= 15 is 0 Å². The number of hydrogen-bond acceptors (Lipinski definition) is 4. The van der Waals surface area contributed by atoms with Crippen molar-refractivity contribution >= 4 is 41.5 Å². The van der Waals surface area contributed by atoms with Gasteiger partial charge in [-0.05, 0) is 12.5 Å². The molecule has 110 valence electrons. The van der Waals surface area contributed by atoms with Gasteiger partial charge in [0, 0.05) is 22.5 Å². The minimum absolute atomic E-state index is 0. The predicted octanol–water partition coefficient (Wildman–Crippen LogP) is 3.41. The third kappa shape index (κ3) is 2.88. The first-order valence-electron chi connectivity index (χ1n) is 6.45. The summed E-state index contributed by atoms with van der Waals surface area (Å²) in [6, 6.07) is 7.67. The van der Waals surface area contributed by atoms with Gasteiger partial charge in [0.2, 0.25) is 5.78 Å². The molecule has 0 aliphatic rings. The molecule has 0 saturated carbocycles. The summed E-state index contributed by atoms with van der Waals surface area (Å²) in [6.07, 6.45) is 1.70. The van der Waals surface area contributed by atoms with E-state index in [1.54, 1.807) is 11.6 Å². The van der Waals surface area contributed by atoms with Gasteiger partial charge in [0.25, 0.3) is 0 Å². The van der Waals surface area contributed by atoms with Crippen molar-refractivity contribution in [2.24, 2.45) is 0 Å². The van der Waals surface area contributed by atoms with Crippen molar-refractivity contribution in [3.05, 3.63) is 52.1 Å². The second-order valence-electron chi connectivity index (χ2n) is 4.58. The van der Waals surface area contributed by atoms with Gasteiger partial charge < -0.3 is 10.1 Å². The quantitative estimate of drug-likeness (QED) is 0.724. The standard InChI is InChI=1S/C15H14N2O2S.H2S/c1-2-13(18)12-8-20-15(17-12)14(19)10-7-16-11-6-4-3-5-9(10)11;/h3-8,13,16,18H,2H2,1H3;1H2. The number of nitrogens with zero attached hydrogens (tertiary/aromatic N) is 1. The van der Waals surface area contributed by atoms with Crippen LogP contribution < -0.4 is 0 Å². The number of aromatic amines is 1. The Labute approximate surface area is 133 Å². The van der Waals surface area contributed by atoms with Gasteiger partial charge in [-0.15, -0.1) is 11.3 Å². The number of aromatic nitrogens is 2. The summed E-state index contributed by atoms with van der Waals surface area (Å²) < 4.78 is 0. The number of H-pyrrole nitrogens is 1. The summed E-state index contributed by atoms with van der Waals surface area (Å²) in [6.45, 7) is 1.88. The minimum atomic E-state index is -0.601. The number of nitrogens with one attached hydrogen (secondary N) is 1. The molecule has 0 bridgehead atoms. The molecule has 21 heavy (non-hydrogen) atoms. The maximum Gasteiger partial charge on any atom is 0.223 e. The van der Waals surface area contributed by atoms with Crippen LogP contribution in [0.4, 0.5) is 0 Å². The van der Waals surface area contributed by atoms with Gasteiger partial charge in [0.05, 0.1) is 17.4 Å². The summed E-state index contributed by atoms with van der Waals surface area (Å²) in [4.78, 5) is 19.8. The highest BCUT2D eigenvalue weighted by Crippen LogP contribution is 2.24. The van der Waals surface area contributed by atoms with Crippen molar-refractivity contribution in [1.82, 2.24) is 9.97 Å². The van der Waals surface area contributed by atoms with Crippen LogP contribution in [0.2, 0.25) is 0 Å². The number of hydrogen-bond donors (Lipinski definition) is 2. The number of benzene rings is 1. The first-order chi connectivity index (χ1) is 9.70. The van der Waals surface area contributed by atoms with Crippen LogP contribution >= 0.6 is 24.8 Å². The number of aliphatic hydroxyl groups is 1. The van der Waals surface area contributed by atoms with Gasteiger partial charge in [0.1, 0.15) is 0 Å². The lowest BCUT2D eigenvalue weighted by Crippen LogP contribution is -2.02. The second kappa shape index (κ2) is 6.43. The second-order valence-corrected chi connectivity index (χ2v) is 5.44. The molecule has 6 heteroatoms. The third-order valence-corrected chi connectivity index (χ3v) is 4.14. The van der Waals surface area contributed by atoms with Crippen LogP contribution in [0.5, 0.6) is 0 Å².